The summed E-state index contributed by atoms with van der Waals surface area (Å²) in [6, 6.07) is 7.98. The van der Waals surface area contributed by atoms with Crippen LogP contribution in [0, 0.1) is 0 Å². The number of imidazole rings is 1. The lowest BCUT2D eigenvalue weighted by Crippen LogP contribution is -2.02. The van der Waals surface area contributed by atoms with Gasteiger partial charge >= 0.3 is 0 Å². The van der Waals surface area contributed by atoms with Crippen molar-refractivity contribution >= 4 is 22.8 Å². The van der Waals surface area contributed by atoms with E-state index in [-0.39, 0.29) is 0 Å². The van der Waals surface area contributed by atoms with Crippen LogP contribution >= 0.6 is 11.8 Å². The van der Waals surface area contributed by atoms with E-state index in [1.807, 2.05) is 34.9 Å². The highest BCUT2D eigenvalue weighted by atomic mass is 32.2. The monoisotopic (exact) mass is 349 g/mol. The Labute approximate surface area is 148 Å². The number of H-pyrrole nitrogens is 1. The molecule has 8 heteroatoms. The Balaban J connectivity index is 1.59. The highest BCUT2D eigenvalue weighted by Gasteiger charge is 2.15. The first-order valence-corrected chi connectivity index (χ1v) is 8.70. The van der Waals surface area contributed by atoms with Gasteiger partial charge in [0.25, 0.3) is 0 Å². The Bertz CT molecular complexity index is 973. The Hall–Kier alpha value is -3.00. The molecule has 3 heterocycles. The fourth-order valence-electron chi connectivity index (χ4n) is 2.50. The van der Waals surface area contributed by atoms with Gasteiger partial charge < -0.3 is 4.98 Å². The quantitative estimate of drug-likeness (QED) is 0.425. The molecule has 0 saturated heterocycles. The summed E-state index contributed by atoms with van der Waals surface area (Å²) in [5.41, 5.74) is 2.68. The number of aromatic amines is 1. The number of rotatable bonds is 6. The van der Waals surface area contributed by atoms with Crippen LogP contribution in [0.4, 0.5) is 0 Å². The molecule has 25 heavy (non-hydrogen) atoms. The normalized spacial score (nSPS) is 11.0. The summed E-state index contributed by atoms with van der Waals surface area (Å²) in [7, 11) is 0. The number of allylic oxidation sites excluding steroid dienone is 1. The molecule has 124 valence electrons. The number of hydrogen-bond acceptors (Lipinski definition) is 6. The van der Waals surface area contributed by atoms with Crippen molar-refractivity contribution in [3.8, 4) is 11.5 Å². The summed E-state index contributed by atoms with van der Waals surface area (Å²) in [5.74, 6) is 2.25. The van der Waals surface area contributed by atoms with E-state index in [0.717, 1.165) is 22.0 Å². The Morgan fingerprint density at radius 3 is 2.92 bits per heavy atom. The highest BCUT2D eigenvalue weighted by Crippen LogP contribution is 2.25. The van der Waals surface area contributed by atoms with Gasteiger partial charge in [0.15, 0.2) is 11.0 Å². The largest absolute Gasteiger partial charge is 0.341 e. The molecule has 0 aliphatic heterocycles. The first kappa shape index (κ1) is 15.5. The van der Waals surface area contributed by atoms with Gasteiger partial charge in [-0.05, 0) is 12.1 Å². The molecule has 0 unspecified atom stereocenters. The lowest BCUT2D eigenvalue weighted by molar-refractivity contribution is 0.729. The van der Waals surface area contributed by atoms with E-state index < -0.39 is 0 Å². The number of benzene rings is 1. The van der Waals surface area contributed by atoms with Gasteiger partial charge in [-0.3, -0.25) is 9.55 Å². The zero-order valence-corrected chi connectivity index (χ0v) is 14.1. The van der Waals surface area contributed by atoms with Crippen LogP contribution in [0.15, 0.2) is 60.7 Å². The van der Waals surface area contributed by atoms with Gasteiger partial charge in [-0.1, -0.05) is 30.0 Å². The second-order valence-electron chi connectivity index (χ2n) is 5.29. The van der Waals surface area contributed by atoms with Crippen molar-refractivity contribution < 1.29 is 0 Å². The average Bonchev–Trinajstić information content (AvgIpc) is 3.24. The van der Waals surface area contributed by atoms with Crippen LogP contribution < -0.4 is 0 Å². The maximum absolute atomic E-state index is 4.59. The molecule has 0 amide bonds. The second kappa shape index (κ2) is 6.86. The molecule has 0 bridgehead atoms. The van der Waals surface area contributed by atoms with Crippen LogP contribution in [0.25, 0.3) is 22.6 Å². The Morgan fingerprint density at radius 2 is 2.12 bits per heavy atom. The van der Waals surface area contributed by atoms with Gasteiger partial charge in [-0.15, -0.1) is 16.8 Å². The summed E-state index contributed by atoms with van der Waals surface area (Å²) in [6.07, 6.45) is 6.77. The molecule has 4 rings (SSSR count). The molecule has 1 N–H and O–H groups in total. The molecule has 0 aliphatic carbocycles. The van der Waals surface area contributed by atoms with Gasteiger partial charge in [0.1, 0.15) is 11.5 Å². The summed E-state index contributed by atoms with van der Waals surface area (Å²) in [5, 5.41) is 9.36. The van der Waals surface area contributed by atoms with Crippen LogP contribution in [-0.2, 0) is 12.3 Å². The number of aromatic nitrogens is 7. The van der Waals surface area contributed by atoms with Crippen molar-refractivity contribution in [3.63, 3.8) is 0 Å². The van der Waals surface area contributed by atoms with Crippen LogP contribution in [0.1, 0.15) is 5.82 Å². The lowest BCUT2D eigenvalue weighted by Gasteiger charge is -2.06. The van der Waals surface area contributed by atoms with Crippen molar-refractivity contribution in [1.82, 2.24) is 34.7 Å². The van der Waals surface area contributed by atoms with Gasteiger partial charge in [0.05, 0.1) is 23.0 Å². The summed E-state index contributed by atoms with van der Waals surface area (Å²) in [6.45, 7) is 4.42. The predicted molar refractivity (Wildman–Crippen MR) is 96.9 cm³/mol. The van der Waals surface area contributed by atoms with Crippen molar-refractivity contribution in [2.24, 2.45) is 0 Å². The topological polar surface area (TPSA) is 85.2 Å². The van der Waals surface area contributed by atoms with Crippen LogP contribution in [0.5, 0.6) is 0 Å². The third-order valence-electron chi connectivity index (χ3n) is 3.60. The first-order chi connectivity index (χ1) is 12.3. The number of fused-ring (bicyclic) bond motifs is 1. The SMILES string of the molecule is C=CCn1c(SCc2nc3ccccc3[nH]2)nnc1-c1cnccn1. The van der Waals surface area contributed by atoms with Crippen LogP contribution in [-0.4, -0.2) is 34.7 Å². The minimum atomic E-state index is 0.599. The minimum Gasteiger partial charge on any atom is -0.341 e. The van der Waals surface area contributed by atoms with E-state index >= 15 is 0 Å². The van der Waals surface area contributed by atoms with E-state index in [1.54, 1.807) is 30.4 Å². The molecular weight excluding hydrogens is 334 g/mol. The van der Waals surface area contributed by atoms with Gasteiger partial charge in [-0.25, -0.2) is 9.97 Å². The number of thioether (sulfide) groups is 1. The summed E-state index contributed by atoms with van der Waals surface area (Å²) >= 11 is 1.57. The fourth-order valence-corrected chi connectivity index (χ4v) is 3.32. The summed E-state index contributed by atoms with van der Waals surface area (Å²) in [4.78, 5) is 16.3. The van der Waals surface area contributed by atoms with Gasteiger partial charge in [0.2, 0.25) is 0 Å². The third kappa shape index (κ3) is 3.16. The second-order valence-corrected chi connectivity index (χ2v) is 6.23. The molecule has 0 fully saturated rings. The van der Waals surface area contributed by atoms with E-state index in [9.17, 15) is 0 Å². The average molecular weight is 349 g/mol. The zero-order chi connectivity index (χ0) is 17.1. The zero-order valence-electron chi connectivity index (χ0n) is 13.3. The molecular formula is C17H15N7S. The van der Waals surface area contributed by atoms with E-state index in [4.69, 9.17) is 0 Å². The number of hydrogen-bond donors (Lipinski definition) is 1. The smallest absolute Gasteiger partial charge is 0.192 e. The summed E-state index contributed by atoms with van der Waals surface area (Å²) < 4.78 is 1.98. The maximum atomic E-state index is 4.59. The van der Waals surface area contributed by atoms with Crippen molar-refractivity contribution in [2.45, 2.75) is 17.5 Å². The van der Waals surface area contributed by atoms with Gasteiger partial charge in [-0.2, -0.15) is 0 Å². The molecule has 4 aromatic rings. The number of nitrogens with one attached hydrogen (secondary N) is 1. The molecule has 1 aromatic carbocycles. The fraction of sp³-hybridized carbons (Fsp3) is 0.118. The van der Waals surface area contributed by atoms with Crippen molar-refractivity contribution in [3.05, 3.63) is 61.3 Å². The predicted octanol–water partition coefficient (Wildman–Crippen LogP) is 3.09. The van der Waals surface area contributed by atoms with Crippen LogP contribution in [0.3, 0.4) is 0 Å². The van der Waals surface area contributed by atoms with E-state index in [1.165, 1.54) is 0 Å². The minimum absolute atomic E-state index is 0.599. The standard InChI is InChI=1S/C17H15N7S/c1-2-9-24-16(14-10-18-7-8-19-14)22-23-17(24)25-11-15-20-12-5-3-4-6-13(12)21-15/h2-8,10H,1,9,11H2,(H,20,21). The first-order valence-electron chi connectivity index (χ1n) is 7.72. The molecule has 3 aromatic heterocycles. The molecule has 7 nitrogen and oxygen atoms in total. The molecule has 0 spiro atoms. The Morgan fingerprint density at radius 1 is 1.20 bits per heavy atom. The van der Waals surface area contributed by atoms with Crippen molar-refractivity contribution in [2.75, 3.05) is 0 Å². The Kier molecular flexibility index (Phi) is 4.26. The molecule has 0 saturated carbocycles. The maximum Gasteiger partial charge on any atom is 0.192 e. The molecule has 0 radical (unpaired) electrons. The number of para-hydroxylation sites is 2. The van der Waals surface area contributed by atoms with Crippen molar-refractivity contribution in [1.29, 1.82) is 0 Å². The third-order valence-corrected chi connectivity index (χ3v) is 4.58. The lowest BCUT2D eigenvalue weighted by atomic mass is 10.3. The highest BCUT2D eigenvalue weighted by molar-refractivity contribution is 7.98. The van der Waals surface area contributed by atoms with E-state index in [0.29, 0.717) is 23.8 Å². The van der Waals surface area contributed by atoms with Gasteiger partial charge in [0, 0.05) is 18.9 Å². The molecule has 0 aliphatic rings. The van der Waals surface area contributed by atoms with Crippen LogP contribution in [0.2, 0.25) is 0 Å². The molecule has 0 atom stereocenters. The van der Waals surface area contributed by atoms with E-state index in [2.05, 4.69) is 36.7 Å². The number of nitrogens with zero attached hydrogens (tertiary/aromatic N) is 6.